The number of hydrogen-bond donors (Lipinski definition) is 0. The molecule has 0 aromatic carbocycles. The van der Waals surface area contributed by atoms with E-state index >= 15 is 0 Å². The van der Waals surface area contributed by atoms with Crippen LogP contribution < -0.4 is 0 Å². The fourth-order valence-corrected chi connectivity index (χ4v) is 3.74. The van der Waals surface area contributed by atoms with Crippen LogP contribution in [0.2, 0.25) is 0 Å². The molecule has 0 aromatic heterocycles. The minimum atomic E-state index is -0.873. The van der Waals surface area contributed by atoms with Crippen LogP contribution in [0.1, 0.15) is 6.92 Å². The smallest absolute Gasteiger partial charge is 0.337 e. The van der Waals surface area contributed by atoms with Crippen LogP contribution >= 0.6 is 0 Å². The van der Waals surface area contributed by atoms with Gasteiger partial charge in [0.05, 0.1) is 30.4 Å². The van der Waals surface area contributed by atoms with E-state index in [1.165, 1.54) is 13.4 Å². The summed E-state index contributed by atoms with van der Waals surface area (Å²) in [5, 5.41) is 0. The Balaban J connectivity index is 1.78. The van der Waals surface area contributed by atoms with Crippen molar-refractivity contribution in [3.8, 4) is 0 Å². The van der Waals surface area contributed by atoms with Crippen molar-refractivity contribution in [2.24, 2.45) is 11.8 Å². The summed E-state index contributed by atoms with van der Waals surface area (Å²) in [4.78, 5) is 23.8. The molecule has 2 saturated heterocycles. The summed E-state index contributed by atoms with van der Waals surface area (Å²) in [5.41, 5.74) is 0.0425. The van der Waals surface area contributed by atoms with E-state index in [1.807, 2.05) is 12.2 Å². The molecule has 6 nitrogen and oxygen atoms in total. The summed E-state index contributed by atoms with van der Waals surface area (Å²) < 4.78 is 21.8. The molecule has 2 fully saturated rings. The van der Waals surface area contributed by atoms with Gasteiger partial charge in [-0.3, -0.25) is 0 Å². The van der Waals surface area contributed by atoms with Crippen molar-refractivity contribution >= 4 is 11.9 Å². The van der Waals surface area contributed by atoms with E-state index in [0.717, 1.165) is 0 Å². The highest BCUT2D eigenvalue weighted by Crippen LogP contribution is 2.57. The molecule has 0 amide bonds. The zero-order valence-corrected chi connectivity index (χ0v) is 11.6. The van der Waals surface area contributed by atoms with E-state index < -0.39 is 24.0 Å². The number of allylic oxidation sites excluding steroid dienone is 2. The Morgan fingerprint density at radius 1 is 1.48 bits per heavy atom. The van der Waals surface area contributed by atoms with Crippen LogP contribution in [0.5, 0.6) is 0 Å². The Kier molecular flexibility index (Phi) is 2.39. The molecular weight excluding hydrogens is 276 g/mol. The van der Waals surface area contributed by atoms with Crippen molar-refractivity contribution in [2.45, 2.75) is 24.9 Å². The van der Waals surface area contributed by atoms with Crippen molar-refractivity contribution in [3.63, 3.8) is 0 Å². The third kappa shape index (κ3) is 1.35. The second-order valence-corrected chi connectivity index (χ2v) is 5.48. The average molecular weight is 290 g/mol. The third-order valence-corrected chi connectivity index (χ3v) is 4.65. The molecule has 0 aromatic rings. The van der Waals surface area contributed by atoms with E-state index in [-0.39, 0.29) is 17.8 Å². The van der Waals surface area contributed by atoms with Crippen LogP contribution in [0.3, 0.4) is 0 Å². The largest absolute Gasteiger partial charge is 0.471 e. The minimum Gasteiger partial charge on any atom is -0.471 e. The number of rotatable bonds is 1. The fraction of sp³-hybridized carbons (Fsp3) is 0.467. The maximum absolute atomic E-state index is 12.0. The van der Waals surface area contributed by atoms with Gasteiger partial charge in [-0.1, -0.05) is 12.2 Å². The Morgan fingerprint density at radius 3 is 3.00 bits per heavy atom. The van der Waals surface area contributed by atoms with Gasteiger partial charge in [0.25, 0.3) is 0 Å². The molecule has 0 radical (unpaired) electrons. The van der Waals surface area contributed by atoms with Gasteiger partial charge in [-0.15, -0.1) is 0 Å². The zero-order chi connectivity index (χ0) is 14.8. The van der Waals surface area contributed by atoms with Crippen molar-refractivity contribution in [2.75, 3.05) is 7.11 Å². The number of methoxy groups -OCH3 is 1. The van der Waals surface area contributed by atoms with Crippen molar-refractivity contribution in [3.05, 3.63) is 35.6 Å². The van der Waals surface area contributed by atoms with Crippen LogP contribution in [-0.2, 0) is 28.5 Å². The maximum Gasteiger partial charge on any atom is 0.337 e. The fourth-order valence-electron chi connectivity index (χ4n) is 3.74. The lowest BCUT2D eigenvalue weighted by Crippen LogP contribution is -2.43. The van der Waals surface area contributed by atoms with Gasteiger partial charge in [-0.05, 0) is 13.0 Å². The summed E-state index contributed by atoms with van der Waals surface area (Å²) >= 11 is 0. The molecule has 5 atom stereocenters. The van der Waals surface area contributed by atoms with E-state index in [9.17, 15) is 9.59 Å². The Hall–Kier alpha value is -2.08. The molecule has 0 N–H and O–H groups in total. The Labute approximate surface area is 121 Å². The predicted octanol–water partition coefficient (Wildman–Crippen LogP) is 0.842. The maximum atomic E-state index is 12.0. The van der Waals surface area contributed by atoms with Crippen molar-refractivity contribution in [1.29, 1.82) is 0 Å². The van der Waals surface area contributed by atoms with Crippen molar-refractivity contribution in [1.82, 2.24) is 0 Å². The van der Waals surface area contributed by atoms with Gasteiger partial charge in [0.1, 0.15) is 6.10 Å². The molecule has 1 spiro atoms. The first-order chi connectivity index (χ1) is 10.1. The van der Waals surface area contributed by atoms with Gasteiger partial charge >= 0.3 is 11.9 Å². The standard InChI is InChI=1S/C15H14O6/c1-3-7-11-15(21-13(7)17)5-4-8-9(12(16)18-2)6-19-14(20-11)10(8)15/h3-6,8,10-11,14H,1-2H3/b7-3-/t8-,10-,11+,14-,15-/m1/s1. The zero-order valence-electron chi connectivity index (χ0n) is 11.6. The molecule has 21 heavy (non-hydrogen) atoms. The van der Waals surface area contributed by atoms with Crippen LogP contribution in [0.25, 0.3) is 0 Å². The van der Waals surface area contributed by atoms with E-state index in [2.05, 4.69) is 0 Å². The van der Waals surface area contributed by atoms with Gasteiger partial charge < -0.3 is 18.9 Å². The molecule has 3 heterocycles. The van der Waals surface area contributed by atoms with Gasteiger partial charge in [-0.25, -0.2) is 9.59 Å². The third-order valence-electron chi connectivity index (χ3n) is 4.65. The number of hydrogen-bond acceptors (Lipinski definition) is 6. The second-order valence-electron chi connectivity index (χ2n) is 5.48. The van der Waals surface area contributed by atoms with Gasteiger partial charge in [-0.2, -0.15) is 0 Å². The number of esters is 2. The molecule has 4 rings (SSSR count). The van der Waals surface area contributed by atoms with E-state index in [0.29, 0.717) is 11.1 Å². The van der Waals surface area contributed by atoms with Gasteiger partial charge in [0, 0.05) is 5.92 Å². The molecule has 3 aliphatic heterocycles. The summed E-state index contributed by atoms with van der Waals surface area (Å²) in [6.45, 7) is 1.77. The highest BCUT2D eigenvalue weighted by Gasteiger charge is 2.70. The summed E-state index contributed by atoms with van der Waals surface area (Å²) in [7, 11) is 1.32. The van der Waals surface area contributed by atoms with E-state index in [1.54, 1.807) is 13.0 Å². The van der Waals surface area contributed by atoms with Gasteiger partial charge in [0.2, 0.25) is 6.29 Å². The lowest BCUT2D eigenvalue weighted by molar-refractivity contribution is -0.152. The number of carbonyl (C=O) groups excluding carboxylic acids is 2. The molecule has 0 saturated carbocycles. The summed E-state index contributed by atoms with van der Waals surface area (Å²) in [6, 6.07) is 0. The Morgan fingerprint density at radius 2 is 2.29 bits per heavy atom. The topological polar surface area (TPSA) is 71.1 Å². The van der Waals surface area contributed by atoms with E-state index in [4.69, 9.17) is 18.9 Å². The minimum absolute atomic E-state index is 0.231. The molecule has 0 bridgehead atoms. The number of carbonyl (C=O) groups is 2. The molecule has 4 aliphatic rings. The normalized spacial score (nSPS) is 44.0. The van der Waals surface area contributed by atoms with Gasteiger partial charge in [0.15, 0.2) is 5.60 Å². The second kappa shape index (κ2) is 3.98. The molecule has 6 heteroatoms. The van der Waals surface area contributed by atoms with Crippen LogP contribution in [-0.4, -0.2) is 37.0 Å². The first-order valence-electron chi connectivity index (χ1n) is 6.80. The summed E-state index contributed by atoms with van der Waals surface area (Å²) in [5.74, 6) is -1.31. The van der Waals surface area contributed by atoms with Crippen LogP contribution in [0.15, 0.2) is 35.6 Å². The molecular formula is C15H14O6. The first-order valence-corrected chi connectivity index (χ1v) is 6.80. The highest BCUT2D eigenvalue weighted by molar-refractivity contribution is 5.94. The molecule has 110 valence electrons. The van der Waals surface area contributed by atoms with Crippen molar-refractivity contribution < 1.29 is 28.5 Å². The molecule has 0 unspecified atom stereocenters. The molecule has 1 aliphatic carbocycles. The lowest BCUT2D eigenvalue weighted by atomic mass is 9.78. The average Bonchev–Trinajstić information content (AvgIpc) is 3.08. The number of ether oxygens (including phenoxy) is 4. The first kappa shape index (κ1) is 12.6. The quantitative estimate of drug-likeness (QED) is 0.405. The SMILES string of the molecule is C/C=C1\C(=O)O[C@@]23C=C[C@@H]4C(C(=O)OC)=CO[C@H](O[C@@H]12)[C@@H]43. The highest BCUT2D eigenvalue weighted by atomic mass is 16.7. The van der Waals surface area contributed by atoms with Crippen LogP contribution in [0.4, 0.5) is 0 Å². The predicted molar refractivity (Wildman–Crippen MR) is 68.5 cm³/mol. The lowest BCUT2D eigenvalue weighted by Gasteiger charge is -2.32. The summed E-state index contributed by atoms with van der Waals surface area (Å²) in [6.07, 6.45) is 5.77. The Bertz CT molecular complexity index is 630. The monoisotopic (exact) mass is 290 g/mol. The van der Waals surface area contributed by atoms with Crippen LogP contribution in [0, 0.1) is 11.8 Å².